The van der Waals surface area contributed by atoms with Gasteiger partial charge in [0.25, 0.3) is 0 Å². The van der Waals surface area contributed by atoms with Gasteiger partial charge in [-0.2, -0.15) is 0 Å². The highest BCUT2D eigenvalue weighted by molar-refractivity contribution is 6.05. The molecule has 1 aromatic carbocycles. The molecule has 0 radical (unpaired) electrons. The largest absolute Gasteiger partial charge is 0.350 e. The van der Waals surface area contributed by atoms with E-state index in [1.807, 2.05) is 6.92 Å². The van der Waals surface area contributed by atoms with Gasteiger partial charge in [-0.15, -0.1) is 0 Å². The molecule has 5 heteroatoms. The standard InChI is InChI=1S/C23H32N2O3/c1-15(2)14-17-8-10-18(11-9-17)16(3)24-21(26)12-13-25-22(27)19-6-4-5-7-20(19)23(25)28/h8-11,15-16,19-20H,4-7,12-14H2,1-3H3,(H,24,26)/t16-,19-,20+/m1/s1. The predicted octanol–water partition coefficient (Wildman–Crippen LogP) is 3.63. The van der Waals surface area contributed by atoms with Gasteiger partial charge in [-0.1, -0.05) is 51.0 Å². The van der Waals surface area contributed by atoms with E-state index < -0.39 is 0 Å². The van der Waals surface area contributed by atoms with Gasteiger partial charge >= 0.3 is 0 Å². The molecule has 1 N–H and O–H groups in total. The van der Waals surface area contributed by atoms with Crippen molar-refractivity contribution >= 4 is 17.7 Å². The lowest BCUT2D eigenvalue weighted by Crippen LogP contribution is -2.36. The highest BCUT2D eigenvalue weighted by atomic mass is 16.2. The van der Waals surface area contributed by atoms with Crippen molar-refractivity contribution in [2.24, 2.45) is 17.8 Å². The molecule has 3 atom stereocenters. The van der Waals surface area contributed by atoms with Gasteiger partial charge in [-0.05, 0) is 43.2 Å². The molecular weight excluding hydrogens is 352 g/mol. The molecule has 1 aliphatic carbocycles. The molecule has 1 aliphatic heterocycles. The molecule has 28 heavy (non-hydrogen) atoms. The molecule has 0 bridgehead atoms. The lowest BCUT2D eigenvalue weighted by atomic mass is 9.81. The number of likely N-dealkylation sites (tertiary alicyclic amines) is 1. The van der Waals surface area contributed by atoms with Gasteiger partial charge in [0.15, 0.2) is 0 Å². The van der Waals surface area contributed by atoms with Crippen molar-refractivity contribution in [1.82, 2.24) is 10.2 Å². The summed E-state index contributed by atoms with van der Waals surface area (Å²) in [7, 11) is 0. The van der Waals surface area contributed by atoms with Crippen molar-refractivity contribution in [3.05, 3.63) is 35.4 Å². The third-order valence-electron chi connectivity index (χ3n) is 6.00. The van der Waals surface area contributed by atoms with Crippen molar-refractivity contribution in [2.45, 2.75) is 65.3 Å². The molecule has 0 aromatic heterocycles. The van der Waals surface area contributed by atoms with E-state index in [1.165, 1.54) is 10.5 Å². The normalized spacial score (nSPS) is 23.1. The number of carbonyl (C=O) groups excluding carboxylic acids is 3. The molecule has 2 aliphatic rings. The van der Waals surface area contributed by atoms with Crippen molar-refractivity contribution in [3.63, 3.8) is 0 Å². The minimum atomic E-state index is -0.146. The number of nitrogens with zero attached hydrogens (tertiary/aromatic N) is 1. The first-order chi connectivity index (χ1) is 13.4. The van der Waals surface area contributed by atoms with Crippen LogP contribution in [0.2, 0.25) is 0 Å². The number of fused-ring (bicyclic) bond motifs is 1. The Hall–Kier alpha value is -2.17. The summed E-state index contributed by atoms with van der Waals surface area (Å²) >= 11 is 0. The number of benzene rings is 1. The summed E-state index contributed by atoms with van der Waals surface area (Å²) in [6, 6.07) is 8.23. The van der Waals surface area contributed by atoms with Crippen LogP contribution in [0.4, 0.5) is 0 Å². The molecule has 1 aromatic rings. The Bertz CT molecular complexity index is 702. The number of carbonyl (C=O) groups is 3. The Balaban J connectivity index is 1.50. The third kappa shape index (κ3) is 4.62. The number of hydrogen-bond donors (Lipinski definition) is 1. The van der Waals surface area contributed by atoms with Crippen LogP contribution in [0.1, 0.15) is 70.0 Å². The molecule has 3 rings (SSSR count). The summed E-state index contributed by atoms with van der Waals surface area (Å²) in [5.74, 6) is 0.0461. The molecule has 1 heterocycles. The summed E-state index contributed by atoms with van der Waals surface area (Å²) in [5, 5.41) is 2.98. The smallest absolute Gasteiger partial charge is 0.233 e. The molecule has 1 saturated carbocycles. The number of hydrogen-bond acceptors (Lipinski definition) is 3. The van der Waals surface area contributed by atoms with E-state index in [0.717, 1.165) is 37.7 Å². The van der Waals surface area contributed by atoms with Gasteiger partial charge in [0, 0.05) is 13.0 Å². The van der Waals surface area contributed by atoms with Crippen molar-refractivity contribution in [1.29, 1.82) is 0 Å². The Morgan fingerprint density at radius 1 is 1.04 bits per heavy atom. The maximum atomic E-state index is 12.5. The third-order valence-corrected chi connectivity index (χ3v) is 6.00. The molecule has 0 unspecified atom stereocenters. The SMILES string of the molecule is CC(C)Cc1ccc([C@@H](C)NC(=O)CCN2C(=O)[C@H]3CCCC[C@H]3C2=O)cc1. The molecular formula is C23H32N2O3. The fraction of sp³-hybridized carbons (Fsp3) is 0.609. The first-order valence-electron chi connectivity index (χ1n) is 10.6. The van der Waals surface area contributed by atoms with Gasteiger partial charge in [0.2, 0.25) is 17.7 Å². The molecule has 3 amide bonds. The maximum absolute atomic E-state index is 12.5. The zero-order valence-electron chi connectivity index (χ0n) is 17.2. The Kier molecular flexibility index (Phi) is 6.53. The topological polar surface area (TPSA) is 66.5 Å². The van der Waals surface area contributed by atoms with E-state index in [9.17, 15) is 14.4 Å². The lowest BCUT2D eigenvalue weighted by Gasteiger charge is -2.19. The minimum Gasteiger partial charge on any atom is -0.350 e. The highest BCUT2D eigenvalue weighted by Crippen LogP contribution is 2.37. The van der Waals surface area contributed by atoms with E-state index in [-0.39, 0.29) is 48.6 Å². The predicted molar refractivity (Wildman–Crippen MR) is 108 cm³/mol. The van der Waals surface area contributed by atoms with E-state index in [2.05, 4.69) is 43.4 Å². The van der Waals surface area contributed by atoms with Crippen LogP contribution in [0.3, 0.4) is 0 Å². The van der Waals surface area contributed by atoms with E-state index in [4.69, 9.17) is 0 Å². The zero-order valence-corrected chi connectivity index (χ0v) is 17.2. The van der Waals surface area contributed by atoms with E-state index >= 15 is 0 Å². The Morgan fingerprint density at radius 3 is 2.14 bits per heavy atom. The van der Waals surface area contributed by atoms with Crippen LogP contribution in [0, 0.1) is 17.8 Å². The number of rotatable bonds is 7. The fourth-order valence-electron chi connectivity index (χ4n) is 4.48. The first-order valence-corrected chi connectivity index (χ1v) is 10.6. The van der Waals surface area contributed by atoms with E-state index in [0.29, 0.717) is 5.92 Å². The molecule has 2 fully saturated rings. The summed E-state index contributed by atoms with van der Waals surface area (Å²) in [6.07, 6.45) is 4.85. The van der Waals surface area contributed by atoms with Crippen LogP contribution in [0.25, 0.3) is 0 Å². The second-order valence-corrected chi connectivity index (χ2v) is 8.70. The van der Waals surface area contributed by atoms with Gasteiger partial charge in [0.05, 0.1) is 17.9 Å². The monoisotopic (exact) mass is 384 g/mol. The van der Waals surface area contributed by atoms with Crippen molar-refractivity contribution in [3.8, 4) is 0 Å². The Morgan fingerprint density at radius 2 is 1.61 bits per heavy atom. The molecule has 0 spiro atoms. The van der Waals surface area contributed by atoms with Crippen LogP contribution in [-0.4, -0.2) is 29.2 Å². The number of imide groups is 1. The van der Waals surface area contributed by atoms with Crippen LogP contribution < -0.4 is 5.32 Å². The van der Waals surface area contributed by atoms with Crippen molar-refractivity contribution < 1.29 is 14.4 Å². The van der Waals surface area contributed by atoms with Crippen LogP contribution in [0.5, 0.6) is 0 Å². The summed E-state index contributed by atoms with van der Waals surface area (Å²) in [4.78, 5) is 38.7. The number of nitrogens with one attached hydrogen (secondary N) is 1. The second kappa shape index (κ2) is 8.89. The molecule has 152 valence electrons. The summed E-state index contributed by atoms with van der Waals surface area (Å²) in [6.45, 7) is 6.54. The van der Waals surface area contributed by atoms with Gasteiger partial charge in [-0.3, -0.25) is 19.3 Å². The summed E-state index contributed by atoms with van der Waals surface area (Å²) < 4.78 is 0. The van der Waals surface area contributed by atoms with Crippen LogP contribution in [-0.2, 0) is 20.8 Å². The lowest BCUT2D eigenvalue weighted by molar-refractivity contribution is -0.140. The highest BCUT2D eigenvalue weighted by Gasteiger charge is 2.47. The minimum absolute atomic E-state index is 0.0729. The quantitative estimate of drug-likeness (QED) is 0.730. The number of amides is 3. The van der Waals surface area contributed by atoms with Crippen LogP contribution >= 0.6 is 0 Å². The summed E-state index contributed by atoms with van der Waals surface area (Å²) in [5.41, 5.74) is 2.35. The van der Waals surface area contributed by atoms with Gasteiger partial charge < -0.3 is 5.32 Å². The average Bonchev–Trinajstić information content (AvgIpc) is 2.91. The molecule has 5 nitrogen and oxygen atoms in total. The fourth-order valence-corrected chi connectivity index (χ4v) is 4.48. The van der Waals surface area contributed by atoms with Gasteiger partial charge in [0.1, 0.15) is 0 Å². The average molecular weight is 385 g/mol. The van der Waals surface area contributed by atoms with E-state index in [1.54, 1.807) is 0 Å². The van der Waals surface area contributed by atoms with Crippen molar-refractivity contribution in [2.75, 3.05) is 6.54 Å². The second-order valence-electron chi connectivity index (χ2n) is 8.70. The first kappa shape index (κ1) is 20.6. The Labute approximate surface area is 167 Å². The van der Waals surface area contributed by atoms with Gasteiger partial charge in [-0.25, -0.2) is 0 Å². The maximum Gasteiger partial charge on any atom is 0.233 e. The van der Waals surface area contributed by atoms with Crippen LogP contribution in [0.15, 0.2) is 24.3 Å². The zero-order chi connectivity index (χ0) is 20.3. The molecule has 1 saturated heterocycles.